The first-order chi connectivity index (χ1) is 16.4. The summed E-state index contributed by atoms with van der Waals surface area (Å²) in [7, 11) is 1.55. The summed E-state index contributed by atoms with van der Waals surface area (Å²) < 4.78 is 10.2. The number of nitrogens with one attached hydrogen (secondary N) is 1. The molecule has 10 heteroatoms. The molecule has 4 rings (SSSR count). The molecule has 0 aromatic heterocycles. The highest BCUT2D eigenvalue weighted by Crippen LogP contribution is 2.29. The lowest BCUT2D eigenvalue weighted by Crippen LogP contribution is -2.50. The van der Waals surface area contributed by atoms with Crippen LogP contribution in [0.5, 0.6) is 5.75 Å². The van der Waals surface area contributed by atoms with Crippen molar-refractivity contribution in [2.75, 3.05) is 36.6 Å². The second-order valence-corrected chi connectivity index (χ2v) is 7.91. The van der Waals surface area contributed by atoms with Gasteiger partial charge in [0.2, 0.25) is 0 Å². The van der Waals surface area contributed by atoms with Gasteiger partial charge in [-0.3, -0.25) is 19.9 Å². The van der Waals surface area contributed by atoms with E-state index in [9.17, 15) is 14.4 Å². The van der Waals surface area contributed by atoms with Gasteiger partial charge in [-0.15, -0.1) is 0 Å². The Bertz CT molecular complexity index is 1140. The van der Waals surface area contributed by atoms with E-state index in [-0.39, 0.29) is 18.0 Å². The second-order valence-electron chi connectivity index (χ2n) is 7.91. The molecule has 2 aliphatic rings. The lowest BCUT2D eigenvalue weighted by Gasteiger charge is -2.33. The topological polar surface area (TPSA) is 138 Å². The highest BCUT2D eigenvalue weighted by atomic mass is 16.6. The van der Waals surface area contributed by atoms with Crippen molar-refractivity contribution in [1.29, 1.82) is 5.41 Å². The summed E-state index contributed by atoms with van der Waals surface area (Å²) in [5.41, 5.74) is 6.86. The van der Waals surface area contributed by atoms with Crippen LogP contribution in [0.2, 0.25) is 0 Å². The Labute approximate surface area is 196 Å². The van der Waals surface area contributed by atoms with Crippen LogP contribution in [0.1, 0.15) is 12.8 Å². The highest BCUT2D eigenvalue weighted by molar-refractivity contribution is 6.54. The molecule has 1 atom stereocenters. The maximum atomic E-state index is 13.5. The van der Waals surface area contributed by atoms with E-state index in [0.29, 0.717) is 42.4 Å². The summed E-state index contributed by atoms with van der Waals surface area (Å²) in [6.45, 7) is 1.26. The van der Waals surface area contributed by atoms with Crippen molar-refractivity contribution in [2.24, 2.45) is 16.6 Å². The van der Waals surface area contributed by atoms with Crippen molar-refractivity contribution in [1.82, 2.24) is 0 Å². The zero-order valence-electron chi connectivity index (χ0n) is 18.7. The number of hydrogen-bond acceptors (Lipinski definition) is 7. The third kappa shape index (κ3) is 4.61. The van der Waals surface area contributed by atoms with Gasteiger partial charge in [0.1, 0.15) is 17.2 Å². The molecular formula is C24H25N5O5. The van der Waals surface area contributed by atoms with E-state index < -0.39 is 23.8 Å². The van der Waals surface area contributed by atoms with Gasteiger partial charge >= 0.3 is 6.09 Å². The van der Waals surface area contributed by atoms with E-state index in [2.05, 4.69) is 4.99 Å². The Hall–Kier alpha value is -4.21. The lowest BCUT2D eigenvalue weighted by molar-refractivity contribution is -0.113. The Morgan fingerprint density at radius 1 is 1.06 bits per heavy atom. The van der Waals surface area contributed by atoms with Crippen LogP contribution in [-0.2, 0) is 14.3 Å². The Morgan fingerprint density at radius 2 is 1.71 bits per heavy atom. The van der Waals surface area contributed by atoms with E-state index in [1.165, 1.54) is 0 Å². The predicted octanol–water partition coefficient (Wildman–Crippen LogP) is 2.67. The van der Waals surface area contributed by atoms with Gasteiger partial charge in [-0.05, 0) is 61.4 Å². The number of rotatable bonds is 6. The number of cyclic esters (lactones) is 1. The van der Waals surface area contributed by atoms with Gasteiger partial charge in [-0.1, -0.05) is 0 Å². The van der Waals surface area contributed by atoms with Gasteiger partial charge in [0.25, 0.3) is 11.8 Å². The molecule has 176 valence electrons. The number of carbonyl (C=O) groups is 3. The normalized spacial score (nSPS) is 19.7. The molecule has 2 heterocycles. The first kappa shape index (κ1) is 23.0. The number of carbonyl (C=O) groups excluding carboxylic acids is 3. The summed E-state index contributed by atoms with van der Waals surface area (Å²) in [6.07, 6.45) is 0.675. The minimum Gasteiger partial charge on any atom is -0.497 e. The molecule has 34 heavy (non-hydrogen) atoms. The maximum absolute atomic E-state index is 13.5. The SMILES string of the molecule is COc1ccc(N=C2C(=O)N(c3ccc(N4CCCOC4=O)cc3)CCC2C(=N)C(N)=O)cc1. The number of methoxy groups -OCH3 is 1. The fraction of sp³-hybridized carbons (Fsp3) is 0.292. The number of amides is 3. The average Bonchev–Trinajstić information content (AvgIpc) is 2.85. The Morgan fingerprint density at radius 3 is 2.29 bits per heavy atom. The van der Waals surface area contributed by atoms with Gasteiger partial charge in [-0.2, -0.15) is 0 Å². The van der Waals surface area contributed by atoms with Crippen LogP contribution in [0, 0.1) is 11.3 Å². The maximum Gasteiger partial charge on any atom is 0.414 e. The number of ether oxygens (including phenoxy) is 2. The van der Waals surface area contributed by atoms with Gasteiger partial charge in [-0.25, -0.2) is 9.79 Å². The fourth-order valence-electron chi connectivity index (χ4n) is 4.00. The number of nitrogens with two attached hydrogens (primary N) is 1. The van der Waals surface area contributed by atoms with Crippen molar-refractivity contribution >= 4 is 46.4 Å². The zero-order valence-corrected chi connectivity index (χ0v) is 18.7. The van der Waals surface area contributed by atoms with Crippen LogP contribution >= 0.6 is 0 Å². The number of anilines is 2. The summed E-state index contributed by atoms with van der Waals surface area (Å²) in [4.78, 5) is 44.8. The monoisotopic (exact) mass is 463 g/mol. The fourth-order valence-corrected chi connectivity index (χ4v) is 4.00. The Balaban J connectivity index is 1.63. The molecule has 3 amide bonds. The van der Waals surface area contributed by atoms with Crippen LogP contribution in [0.4, 0.5) is 21.9 Å². The first-order valence-electron chi connectivity index (χ1n) is 10.9. The number of benzene rings is 2. The number of piperidine rings is 1. The largest absolute Gasteiger partial charge is 0.497 e. The average molecular weight is 463 g/mol. The molecule has 2 saturated heterocycles. The smallest absolute Gasteiger partial charge is 0.414 e. The first-order valence-corrected chi connectivity index (χ1v) is 10.9. The highest BCUT2D eigenvalue weighted by Gasteiger charge is 2.37. The number of nitrogens with zero attached hydrogens (tertiary/aromatic N) is 3. The van der Waals surface area contributed by atoms with Crippen molar-refractivity contribution in [3.8, 4) is 5.75 Å². The number of hydrogen-bond donors (Lipinski definition) is 2. The summed E-state index contributed by atoms with van der Waals surface area (Å²) in [5, 5.41) is 8.12. The van der Waals surface area contributed by atoms with Gasteiger partial charge in [0.05, 0.1) is 25.3 Å². The summed E-state index contributed by atoms with van der Waals surface area (Å²) >= 11 is 0. The molecule has 10 nitrogen and oxygen atoms in total. The van der Waals surface area contributed by atoms with Gasteiger partial charge in [0.15, 0.2) is 0 Å². The van der Waals surface area contributed by atoms with Crippen molar-refractivity contribution in [3.63, 3.8) is 0 Å². The minimum absolute atomic E-state index is 0.0731. The van der Waals surface area contributed by atoms with Gasteiger partial charge in [0, 0.05) is 24.5 Å². The molecule has 0 radical (unpaired) electrons. The molecule has 0 spiro atoms. The molecule has 2 fully saturated rings. The van der Waals surface area contributed by atoms with Crippen LogP contribution < -0.4 is 20.3 Å². The second kappa shape index (κ2) is 9.74. The lowest BCUT2D eigenvalue weighted by atomic mass is 9.88. The van der Waals surface area contributed by atoms with E-state index in [0.717, 1.165) is 6.42 Å². The predicted molar refractivity (Wildman–Crippen MR) is 127 cm³/mol. The molecule has 3 N–H and O–H groups in total. The molecular weight excluding hydrogens is 438 g/mol. The zero-order chi connectivity index (χ0) is 24.2. The van der Waals surface area contributed by atoms with E-state index in [1.54, 1.807) is 65.4 Å². The van der Waals surface area contributed by atoms with Crippen LogP contribution in [-0.4, -0.2) is 56.1 Å². The van der Waals surface area contributed by atoms with Crippen LogP contribution in [0.15, 0.2) is 53.5 Å². The quantitative estimate of drug-likeness (QED) is 0.634. The molecule has 2 aliphatic heterocycles. The van der Waals surface area contributed by atoms with Crippen molar-refractivity contribution < 1.29 is 23.9 Å². The summed E-state index contributed by atoms with van der Waals surface area (Å²) in [5.74, 6) is -1.46. The van der Waals surface area contributed by atoms with E-state index in [4.69, 9.17) is 20.6 Å². The van der Waals surface area contributed by atoms with E-state index >= 15 is 0 Å². The third-order valence-corrected chi connectivity index (χ3v) is 5.82. The molecule has 0 aliphatic carbocycles. The van der Waals surface area contributed by atoms with E-state index in [1.807, 2.05) is 0 Å². The van der Waals surface area contributed by atoms with Crippen molar-refractivity contribution in [2.45, 2.75) is 12.8 Å². The molecule has 2 aromatic rings. The Kier molecular flexibility index (Phi) is 6.58. The molecule has 2 aromatic carbocycles. The molecule has 0 saturated carbocycles. The van der Waals surface area contributed by atoms with Gasteiger partial charge < -0.3 is 20.1 Å². The number of primary amides is 1. The third-order valence-electron chi connectivity index (χ3n) is 5.82. The van der Waals surface area contributed by atoms with Crippen LogP contribution in [0.25, 0.3) is 0 Å². The summed E-state index contributed by atoms with van der Waals surface area (Å²) in [6, 6.07) is 13.8. The standard InChI is InChI=1S/C24H25N5O5/c1-33-18-9-3-15(4-10-18)27-21-19(20(25)22(26)30)11-13-28(23(21)31)16-5-7-17(8-6-16)29-12-2-14-34-24(29)32/h3-10,19,25H,2,11-14H2,1H3,(H2,26,30). The molecule has 0 bridgehead atoms. The number of aliphatic imine (C=N–C) groups is 1. The van der Waals surface area contributed by atoms with Crippen LogP contribution in [0.3, 0.4) is 0 Å². The van der Waals surface area contributed by atoms with Crippen molar-refractivity contribution in [3.05, 3.63) is 48.5 Å². The minimum atomic E-state index is -0.883. The molecule has 1 unspecified atom stereocenters.